The van der Waals surface area contributed by atoms with Gasteiger partial charge in [0.2, 0.25) is 11.8 Å². The summed E-state index contributed by atoms with van der Waals surface area (Å²) in [6, 6.07) is 0. The summed E-state index contributed by atoms with van der Waals surface area (Å²) in [5, 5.41) is 8.13. The third-order valence-electron chi connectivity index (χ3n) is 7.94. The van der Waals surface area contributed by atoms with Crippen molar-refractivity contribution >= 4 is 34.1 Å². The van der Waals surface area contributed by atoms with Crippen LogP contribution in [0.1, 0.15) is 55.9 Å². The van der Waals surface area contributed by atoms with Crippen LogP contribution in [-0.4, -0.2) is 53.7 Å². The van der Waals surface area contributed by atoms with Crippen molar-refractivity contribution < 1.29 is 14.4 Å². The lowest BCUT2D eigenvalue weighted by Crippen LogP contribution is -2.42. The molecular formula is C24H32N4O3S. The second kappa shape index (κ2) is 8.71. The Labute approximate surface area is 193 Å². The number of nitrogens with zero attached hydrogens (tertiary/aromatic N) is 2. The van der Waals surface area contributed by atoms with Crippen molar-refractivity contribution in [3.8, 4) is 0 Å². The normalized spacial score (nSPS) is 29.5. The van der Waals surface area contributed by atoms with Gasteiger partial charge in [-0.1, -0.05) is 12.2 Å². The number of nitrogens with one attached hydrogen (secondary N) is 2. The van der Waals surface area contributed by atoms with Gasteiger partial charge in [-0.3, -0.25) is 14.4 Å². The summed E-state index contributed by atoms with van der Waals surface area (Å²) in [5.74, 6) is -0.684. The minimum atomic E-state index is -0.373. The zero-order chi connectivity index (χ0) is 22.3. The average molecular weight is 457 g/mol. The summed E-state index contributed by atoms with van der Waals surface area (Å²) in [6.45, 7) is 5.65. The van der Waals surface area contributed by atoms with Crippen LogP contribution in [0.3, 0.4) is 0 Å². The van der Waals surface area contributed by atoms with E-state index in [1.807, 2.05) is 0 Å². The molecular weight excluding hydrogens is 424 g/mol. The molecule has 2 heterocycles. The number of aromatic nitrogens is 1. The number of carbonyl (C=O) groups excluding carboxylic acids is 3. The number of Topliss-reactive ketones (excluding diaryl/α,β-unsaturated/α-hetero) is 1. The Hall–Kier alpha value is -2.06. The molecule has 1 aliphatic heterocycles. The van der Waals surface area contributed by atoms with Crippen LogP contribution in [0.15, 0.2) is 17.5 Å². The molecule has 0 aromatic carbocycles. The third kappa shape index (κ3) is 3.92. The van der Waals surface area contributed by atoms with E-state index in [-0.39, 0.29) is 46.7 Å². The molecule has 0 unspecified atom stereocenters. The van der Waals surface area contributed by atoms with Gasteiger partial charge in [0.05, 0.1) is 11.8 Å². The number of hydrogen-bond donors (Lipinski definition) is 2. The number of unbranched alkanes of at least 4 members (excludes halogenated alkanes) is 1. The van der Waals surface area contributed by atoms with E-state index in [0.29, 0.717) is 17.4 Å². The van der Waals surface area contributed by atoms with Crippen LogP contribution in [0.2, 0.25) is 0 Å². The number of rotatable bonds is 9. The number of anilines is 1. The second-order valence-corrected chi connectivity index (χ2v) is 10.7. The Morgan fingerprint density at radius 1 is 1.09 bits per heavy atom. The Morgan fingerprint density at radius 3 is 2.41 bits per heavy atom. The molecule has 2 saturated carbocycles. The van der Waals surface area contributed by atoms with Crippen molar-refractivity contribution in [2.24, 2.45) is 29.1 Å². The van der Waals surface area contributed by atoms with Crippen LogP contribution < -0.4 is 10.6 Å². The molecule has 2 N–H and O–H groups in total. The van der Waals surface area contributed by atoms with E-state index in [4.69, 9.17) is 0 Å². The fraction of sp³-hybridized carbons (Fsp3) is 0.667. The van der Waals surface area contributed by atoms with Gasteiger partial charge in [-0.2, -0.15) is 0 Å². The first-order valence-electron chi connectivity index (χ1n) is 12.0. The quantitative estimate of drug-likeness (QED) is 0.338. The minimum Gasteiger partial charge on any atom is -0.356 e. The Bertz CT molecular complexity index is 931. The highest BCUT2D eigenvalue weighted by Crippen LogP contribution is 2.72. The summed E-state index contributed by atoms with van der Waals surface area (Å²) in [6.07, 6.45) is 11.2. The first-order valence-corrected chi connectivity index (χ1v) is 12.8. The molecule has 1 aromatic rings. The van der Waals surface area contributed by atoms with Crippen LogP contribution in [0.4, 0.5) is 5.13 Å². The maximum Gasteiger partial charge on any atom is 0.230 e. The lowest BCUT2D eigenvalue weighted by Gasteiger charge is -2.26. The monoisotopic (exact) mass is 456 g/mol. The van der Waals surface area contributed by atoms with Crippen molar-refractivity contribution in [2.45, 2.75) is 45.4 Å². The second-order valence-electron chi connectivity index (χ2n) is 9.85. The molecule has 5 rings (SSSR count). The number of amides is 2. The summed E-state index contributed by atoms with van der Waals surface area (Å²) in [5.41, 5.74) is 0.465. The molecule has 8 heteroatoms. The van der Waals surface area contributed by atoms with Gasteiger partial charge in [0.15, 0.2) is 10.9 Å². The molecule has 2 amide bonds. The zero-order valence-corrected chi connectivity index (χ0v) is 19.5. The smallest absolute Gasteiger partial charge is 0.230 e. The van der Waals surface area contributed by atoms with Crippen molar-refractivity contribution in [1.82, 2.24) is 15.2 Å². The molecule has 3 fully saturated rings. The Balaban J connectivity index is 1.21. The van der Waals surface area contributed by atoms with Crippen LogP contribution in [0.5, 0.6) is 0 Å². The van der Waals surface area contributed by atoms with Crippen LogP contribution in [0.25, 0.3) is 0 Å². The molecule has 0 radical (unpaired) electrons. The summed E-state index contributed by atoms with van der Waals surface area (Å²) < 4.78 is 0. The van der Waals surface area contributed by atoms with E-state index >= 15 is 0 Å². The van der Waals surface area contributed by atoms with Crippen LogP contribution >= 0.6 is 11.3 Å². The largest absolute Gasteiger partial charge is 0.356 e. The zero-order valence-electron chi connectivity index (χ0n) is 18.6. The highest BCUT2D eigenvalue weighted by atomic mass is 32.1. The fourth-order valence-electron chi connectivity index (χ4n) is 6.19. The molecule has 32 heavy (non-hydrogen) atoms. The number of carbonyl (C=O) groups is 3. The van der Waals surface area contributed by atoms with Gasteiger partial charge in [0.25, 0.3) is 0 Å². The molecule has 7 nitrogen and oxygen atoms in total. The van der Waals surface area contributed by atoms with E-state index in [0.717, 1.165) is 32.2 Å². The van der Waals surface area contributed by atoms with Crippen LogP contribution in [-0.2, 0) is 9.59 Å². The van der Waals surface area contributed by atoms with E-state index in [2.05, 4.69) is 32.7 Å². The predicted molar refractivity (Wildman–Crippen MR) is 123 cm³/mol. The van der Waals surface area contributed by atoms with E-state index in [1.165, 1.54) is 44.2 Å². The average Bonchev–Trinajstić information content (AvgIpc) is 3.11. The molecule has 3 aliphatic carbocycles. The van der Waals surface area contributed by atoms with Gasteiger partial charge < -0.3 is 15.5 Å². The lowest BCUT2D eigenvalue weighted by molar-refractivity contribution is -0.132. The third-order valence-corrected chi connectivity index (χ3v) is 8.70. The molecule has 4 aliphatic rings. The van der Waals surface area contributed by atoms with Gasteiger partial charge in [-0.25, -0.2) is 4.98 Å². The molecule has 1 spiro atoms. The summed E-state index contributed by atoms with van der Waals surface area (Å²) in [4.78, 5) is 44.8. The minimum absolute atomic E-state index is 0.0120. The Morgan fingerprint density at radius 2 is 1.78 bits per heavy atom. The van der Waals surface area contributed by atoms with Gasteiger partial charge in [-0.15, -0.1) is 11.3 Å². The lowest BCUT2D eigenvalue weighted by atomic mass is 9.81. The fourth-order valence-corrected chi connectivity index (χ4v) is 6.94. The van der Waals surface area contributed by atoms with Crippen molar-refractivity contribution in [2.75, 3.05) is 31.5 Å². The molecule has 1 aromatic heterocycles. The van der Waals surface area contributed by atoms with E-state index < -0.39 is 0 Å². The first kappa shape index (κ1) is 21.8. The van der Waals surface area contributed by atoms with Crippen molar-refractivity contribution in [1.29, 1.82) is 0 Å². The molecule has 4 atom stereocenters. The van der Waals surface area contributed by atoms with Gasteiger partial charge in [0, 0.05) is 18.8 Å². The molecule has 1 saturated heterocycles. The van der Waals surface area contributed by atoms with Gasteiger partial charge in [0.1, 0.15) is 5.69 Å². The highest BCUT2D eigenvalue weighted by molar-refractivity contribution is 7.14. The summed E-state index contributed by atoms with van der Waals surface area (Å²) >= 11 is 1.25. The van der Waals surface area contributed by atoms with Gasteiger partial charge >= 0.3 is 0 Å². The maximum atomic E-state index is 13.3. The van der Waals surface area contributed by atoms with E-state index in [1.54, 1.807) is 5.38 Å². The molecule has 172 valence electrons. The van der Waals surface area contributed by atoms with Crippen LogP contribution in [0, 0.1) is 29.1 Å². The number of ketones is 1. The number of thiazole rings is 1. The number of hydrogen-bond acceptors (Lipinski definition) is 6. The first-order chi connectivity index (χ1) is 15.5. The number of allylic oxidation sites excluding steroid dienone is 2. The highest BCUT2D eigenvalue weighted by Gasteiger charge is 2.69. The van der Waals surface area contributed by atoms with E-state index in [9.17, 15) is 14.4 Å². The van der Waals surface area contributed by atoms with Crippen molar-refractivity contribution in [3.05, 3.63) is 23.2 Å². The maximum absolute atomic E-state index is 13.3. The SMILES string of the molecule is CC(=O)c1csc(NC(=O)[C@H]2[C@H](C(=O)NCCCCN3CCCC3)[C@H]3C=C[C@@H]2C32CC2)n1. The van der Waals surface area contributed by atoms with Crippen molar-refractivity contribution in [3.63, 3.8) is 0 Å². The molecule has 2 bridgehead atoms. The standard InChI is InChI=1S/C24H32N4O3S/c1-15(29)18-14-32-23(26-18)27-22(31)20-17-7-6-16(24(17)8-9-24)19(20)21(30)25-10-2-3-11-28-12-4-5-13-28/h6-7,14,16-17,19-20H,2-5,8-13H2,1H3,(H,25,30)(H,26,27,31)/t16-,17+,19-,20-/m1/s1. The topological polar surface area (TPSA) is 91.4 Å². The predicted octanol–water partition coefficient (Wildman–Crippen LogP) is 3.10. The van der Waals surface area contributed by atoms with Gasteiger partial charge in [-0.05, 0) is 75.4 Å². The summed E-state index contributed by atoms with van der Waals surface area (Å²) in [7, 11) is 0. The number of likely N-dealkylation sites (tertiary alicyclic amines) is 1. The Kier molecular flexibility index (Phi) is 5.92.